The minimum atomic E-state index is -0.130. The van der Waals surface area contributed by atoms with Crippen molar-refractivity contribution in [2.45, 2.75) is 6.42 Å². The molecule has 2 heterocycles. The van der Waals surface area contributed by atoms with Gasteiger partial charge in [-0.05, 0) is 29.8 Å². The van der Waals surface area contributed by atoms with Gasteiger partial charge >= 0.3 is 0 Å². The molecule has 4 aromatic rings. The van der Waals surface area contributed by atoms with Crippen LogP contribution >= 0.6 is 0 Å². The fraction of sp³-hybridized carbons (Fsp3) is 0.0476. The van der Waals surface area contributed by atoms with Gasteiger partial charge in [0.15, 0.2) is 11.6 Å². The van der Waals surface area contributed by atoms with Crippen LogP contribution in [0.25, 0.3) is 10.9 Å². The summed E-state index contributed by atoms with van der Waals surface area (Å²) in [6.07, 6.45) is 2.05. The van der Waals surface area contributed by atoms with E-state index in [1.807, 2.05) is 60.7 Å². The fourth-order valence-electron chi connectivity index (χ4n) is 2.78. The summed E-state index contributed by atoms with van der Waals surface area (Å²) in [5.41, 5.74) is 2.66. The van der Waals surface area contributed by atoms with Crippen LogP contribution in [0, 0.1) is 0 Å². The minimum absolute atomic E-state index is 0.130. The monoisotopic (exact) mass is 355 g/mol. The lowest BCUT2D eigenvalue weighted by Gasteiger charge is -2.09. The second-order valence-electron chi connectivity index (χ2n) is 6.02. The van der Waals surface area contributed by atoms with Gasteiger partial charge < -0.3 is 10.6 Å². The summed E-state index contributed by atoms with van der Waals surface area (Å²) in [7, 11) is 0. The maximum absolute atomic E-state index is 12.1. The molecule has 0 aliphatic heterocycles. The molecule has 0 radical (unpaired) electrons. The second-order valence-corrected chi connectivity index (χ2v) is 6.02. The molecule has 0 unspecified atom stereocenters. The van der Waals surface area contributed by atoms with E-state index in [-0.39, 0.29) is 5.91 Å². The number of nitrogens with one attached hydrogen (secondary N) is 2. The van der Waals surface area contributed by atoms with Crippen LogP contribution in [-0.2, 0) is 11.2 Å². The summed E-state index contributed by atoms with van der Waals surface area (Å²) >= 11 is 0. The zero-order chi connectivity index (χ0) is 18.5. The van der Waals surface area contributed by atoms with E-state index in [0.29, 0.717) is 18.1 Å². The number of rotatable bonds is 5. The number of amides is 1. The van der Waals surface area contributed by atoms with Crippen molar-refractivity contribution in [3.05, 3.63) is 84.6 Å². The lowest BCUT2D eigenvalue weighted by molar-refractivity contribution is -0.115. The molecule has 0 saturated heterocycles. The molecule has 27 heavy (non-hydrogen) atoms. The third kappa shape index (κ3) is 4.07. The molecule has 2 N–H and O–H groups in total. The number of hydrogen-bond donors (Lipinski definition) is 2. The molecule has 0 aliphatic rings. The first-order valence-corrected chi connectivity index (χ1v) is 8.56. The molecule has 6 nitrogen and oxygen atoms in total. The van der Waals surface area contributed by atoms with Crippen LogP contribution in [0.15, 0.2) is 79.0 Å². The number of pyridine rings is 1. The highest BCUT2D eigenvalue weighted by molar-refractivity contribution is 5.92. The molecule has 0 spiro atoms. The first kappa shape index (κ1) is 16.7. The van der Waals surface area contributed by atoms with E-state index in [1.165, 1.54) is 0 Å². The molecule has 2 aromatic carbocycles. The number of hydrogen-bond acceptors (Lipinski definition) is 5. The summed E-state index contributed by atoms with van der Waals surface area (Å²) in [4.78, 5) is 16.5. The SMILES string of the molecule is O=C(Cc1ccccc1)Nc1ccc(Nc2cccc3cccnc23)nn1. The van der Waals surface area contributed by atoms with Crippen molar-refractivity contribution >= 4 is 34.1 Å². The molecule has 0 saturated carbocycles. The van der Waals surface area contributed by atoms with Crippen molar-refractivity contribution in [2.24, 2.45) is 0 Å². The minimum Gasteiger partial charge on any atom is -0.337 e. The molecule has 132 valence electrons. The largest absolute Gasteiger partial charge is 0.337 e. The predicted molar refractivity (Wildman–Crippen MR) is 106 cm³/mol. The first-order valence-electron chi connectivity index (χ1n) is 8.56. The Morgan fingerprint density at radius 1 is 0.815 bits per heavy atom. The summed E-state index contributed by atoms with van der Waals surface area (Å²) in [6.45, 7) is 0. The van der Waals surface area contributed by atoms with Gasteiger partial charge in [-0.15, -0.1) is 10.2 Å². The average Bonchev–Trinajstić information content (AvgIpc) is 2.70. The molecule has 6 heteroatoms. The van der Waals surface area contributed by atoms with Crippen molar-refractivity contribution in [3.63, 3.8) is 0 Å². The van der Waals surface area contributed by atoms with Crippen molar-refractivity contribution in [1.29, 1.82) is 0 Å². The van der Waals surface area contributed by atoms with E-state index in [0.717, 1.165) is 22.2 Å². The molecule has 0 atom stereocenters. The van der Waals surface area contributed by atoms with E-state index >= 15 is 0 Å². The van der Waals surface area contributed by atoms with E-state index in [9.17, 15) is 4.79 Å². The van der Waals surface area contributed by atoms with Gasteiger partial charge in [-0.2, -0.15) is 0 Å². The Morgan fingerprint density at radius 2 is 1.59 bits per heavy atom. The highest BCUT2D eigenvalue weighted by atomic mass is 16.1. The number of benzene rings is 2. The number of aromatic nitrogens is 3. The lowest BCUT2D eigenvalue weighted by atomic mass is 10.1. The van der Waals surface area contributed by atoms with E-state index in [4.69, 9.17) is 0 Å². The van der Waals surface area contributed by atoms with Gasteiger partial charge in [0, 0.05) is 11.6 Å². The van der Waals surface area contributed by atoms with Crippen molar-refractivity contribution in [1.82, 2.24) is 15.2 Å². The Kier molecular flexibility index (Phi) is 4.70. The average molecular weight is 355 g/mol. The van der Waals surface area contributed by atoms with Gasteiger partial charge in [0.2, 0.25) is 5.91 Å². The summed E-state index contributed by atoms with van der Waals surface area (Å²) in [6, 6.07) is 22.9. The van der Waals surface area contributed by atoms with Crippen molar-refractivity contribution in [2.75, 3.05) is 10.6 Å². The third-order valence-electron chi connectivity index (χ3n) is 4.03. The number of carbonyl (C=O) groups excluding carboxylic acids is 1. The van der Waals surface area contributed by atoms with E-state index in [2.05, 4.69) is 25.8 Å². The van der Waals surface area contributed by atoms with Gasteiger partial charge in [-0.1, -0.05) is 48.5 Å². The summed E-state index contributed by atoms with van der Waals surface area (Å²) in [5, 5.41) is 15.2. The predicted octanol–water partition coefficient (Wildman–Crippen LogP) is 3.95. The van der Waals surface area contributed by atoms with E-state index in [1.54, 1.807) is 18.3 Å². The zero-order valence-electron chi connectivity index (χ0n) is 14.5. The highest BCUT2D eigenvalue weighted by Gasteiger charge is 2.07. The smallest absolute Gasteiger partial charge is 0.229 e. The van der Waals surface area contributed by atoms with Gasteiger partial charge in [-0.25, -0.2) is 0 Å². The fourth-order valence-corrected chi connectivity index (χ4v) is 2.78. The Morgan fingerprint density at radius 3 is 2.41 bits per heavy atom. The van der Waals surface area contributed by atoms with Gasteiger partial charge in [-0.3, -0.25) is 9.78 Å². The highest BCUT2D eigenvalue weighted by Crippen LogP contribution is 2.23. The number of para-hydroxylation sites is 1. The van der Waals surface area contributed by atoms with Crippen molar-refractivity contribution < 1.29 is 4.79 Å². The van der Waals surface area contributed by atoms with Crippen LogP contribution in [0.5, 0.6) is 0 Å². The quantitative estimate of drug-likeness (QED) is 0.567. The normalized spacial score (nSPS) is 10.5. The summed E-state index contributed by atoms with van der Waals surface area (Å²) in [5.74, 6) is 0.862. The van der Waals surface area contributed by atoms with Crippen molar-refractivity contribution in [3.8, 4) is 0 Å². The Labute approximate surface area is 156 Å². The van der Waals surface area contributed by atoms with Crippen LogP contribution in [0.1, 0.15) is 5.56 Å². The maximum atomic E-state index is 12.1. The standard InChI is InChI=1S/C21H17N5O/c27-20(14-15-6-2-1-3-7-15)24-19-12-11-18(25-26-19)23-17-10-4-8-16-9-5-13-22-21(16)17/h1-13H,14H2,(H,23,25)(H,24,26,27). The number of nitrogens with zero attached hydrogens (tertiary/aromatic N) is 3. The number of carbonyl (C=O) groups is 1. The Balaban J connectivity index is 1.43. The molecular weight excluding hydrogens is 338 g/mol. The molecule has 0 fully saturated rings. The molecule has 2 aromatic heterocycles. The number of fused-ring (bicyclic) bond motifs is 1. The van der Waals surface area contributed by atoms with Crippen LogP contribution in [0.3, 0.4) is 0 Å². The number of anilines is 3. The molecule has 0 aliphatic carbocycles. The summed E-state index contributed by atoms with van der Waals surface area (Å²) < 4.78 is 0. The Hall–Kier alpha value is -3.80. The molecule has 4 rings (SSSR count). The zero-order valence-corrected chi connectivity index (χ0v) is 14.5. The van der Waals surface area contributed by atoms with E-state index < -0.39 is 0 Å². The van der Waals surface area contributed by atoms with Gasteiger partial charge in [0.25, 0.3) is 0 Å². The third-order valence-corrected chi connectivity index (χ3v) is 4.03. The van der Waals surface area contributed by atoms with Crippen LogP contribution < -0.4 is 10.6 Å². The second kappa shape index (κ2) is 7.61. The topological polar surface area (TPSA) is 79.8 Å². The van der Waals surface area contributed by atoms with Crippen LogP contribution in [0.2, 0.25) is 0 Å². The van der Waals surface area contributed by atoms with Gasteiger partial charge in [0.1, 0.15) is 0 Å². The Bertz CT molecular complexity index is 1060. The molecule has 0 bridgehead atoms. The van der Waals surface area contributed by atoms with Gasteiger partial charge in [0.05, 0.1) is 17.6 Å². The van der Waals surface area contributed by atoms with Crippen LogP contribution in [0.4, 0.5) is 17.3 Å². The maximum Gasteiger partial charge on any atom is 0.229 e. The lowest BCUT2D eigenvalue weighted by Crippen LogP contribution is -2.15. The molecular formula is C21H17N5O. The van der Waals surface area contributed by atoms with Crippen LogP contribution in [-0.4, -0.2) is 21.1 Å². The molecule has 1 amide bonds. The first-order chi connectivity index (χ1) is 13.3.